The van der Waals surface area contributed by atoms with Gasteiger partial charge < -0.3 is 14.7 Å². The van der Waals surface area contributed by atoms with Crippen LogP contribution in [0.2, 0.25) is 0 Å². The Hall–Kier alpha value is -0.520. The van der Waals surface area contributed by atoms with Gasteiger partial charge >= 0.3 is 15.6 Å². The van der Waals surface area contributed by atoms with Crippen molar-refractivity contribution >= 4 is 15.6 Å². The van der Waals surface area contributed by atoms with E-state index >= 15 is 0 Å². The molecule has 0 saturated carbocycles. The average molecular weight is 314 g/mol. The monoisotopic (exact) mass is 314 g/mol. The van der Waals surface area contributed by atoms with Gasteiger partial charge in [-0.3, -0.25) is 4.52 Å². The van der Waals surface area contributed by atoms with Crippen LogP contribution in [-0.4, -0.2) is 21.3 Å². The summed E-state index contributed by atoms with van der Waals surface area (Å²) in [5, 5.41) is 0. The zero-order valence-corrected chi connectivity index (χ0v) is 12.9. The summed E-state index contributed by atoms with van der Waals surface area (Å²) in [5.74, 6) is 0. The third-order valence-corrected chi connectivity index (χ3v) is 3.44. The Bertz CT molecular complexity index is 418. The highest BCUT2D eigenvalue weighted by atomic mass is 31.3. The number of hydrogen-bond acceptors (Lipinski definition) is 4. The Morgan fingerprint density at radius 2 is 1.63 bits per heavy atom. The van der Waals surface area contributed by atoms with Gasteiger partial charge in [-0.15, -0.1) is 0 Å². The lowest BCUT2D eigenvalue weighted by atomic mass is 10.3. The highest BCUT2D eigenvalue weighted by Crippen LogP contribution is 2.57. The minimum absolute atomic E-state index is 0.254. The van der Waals surface area contributed by atoms with Crippen LogP contribution in [0, 0.1) is 0 Å². The molecule has 0 aromatic heterocycles. The Morgan fingerprint density at radius 3 is 1.89 bits per heavy atom. The number of allylic oxidation sites excluding steroid dienone is 3. The van der Waals surface area contributed by atoms with Crippen LogP contribution in [-0.2, 0) is 18.0 Å². The van der Waals surface area contributed by atoms with Crippen LogP contribution >= 0.6 is 15.6 Å². The predicted molar refractivity (Wildman–Crippen MR) is 73.3 cm³/mol. The fourth-order valence-corrected chi connectivity index (χ4v) is 1.98. The fraction of sp³-hybridized carbons (Fsp3) is 0.400. The molecule has 0 aliphatic rings. The minimum Gasteiger partial charge on any atom is -0.302 e. The molecule has 0 rings (SSSR count). The van der Waals surface area contributed by atoms with Crippen molar-refractivity contribution in [2.45, 2.75) is 20.8 Å². The van der Waals surface area contributed by atoms with Gasteiger partial charge in [-0.1, -0.05) is 36.5 Å². The second kappa shape index (κ2) is 9.39. The lowest BCUT2D eigenvalue weighted by Gasteiger charge is -2.10. The molecule has 0 spiro atoms. The van der Waals surface area contributed by atoms with Gasteiger partial charge in [-0.05, 0) is 20.8 Å². The topological polar surface area (TPSA) is 113 Å². The highest BCUT2D eigenvalue weighted by molar-refractivity contribution is 7.60. The van der Waals surface area contributed by atoms with E-state index in [1.165, 1.54) is 6.08 Å². The van der Waals surface area contributed by atoms with Crippen molar-refractivity contribution in [2.75, 3.05) is 6.61 Å². The Balaban J connectivity index is 0. The normalized spacial score (nSPS) is 13.6. The maximum atomic E-state index is 10.8. The van der Waals surface area contributed by atoms with Crippen molar-refractivity contribution in [3.8, 4) is 0 Å². The van der Waals surface area contributed by atoms with Gasteiger partial charge in [-0.25, -0.2) is 9.13 Å². The van der Waals surface area contributed by atoms with Crippen molar-refractivity contribution in [3.05, 3.63) is 36.5 Å². The summed E-state index contributed by atoms with van der Waals surface area (Å²) in [6, 6.07) is 0. The highest BCUT2D eigenvalue weighted by Gasteiger charge is 2.31. The van der Waals surface area contributed by atoms with Crippen LogP contribution in [0.25, 0.3) is 0 Å². The van der Waals surface area contributed by atoms with Crippen LogP contribution in [0.4, 0.5) is 0 Å². The largest absolute Gasteiger partial charge is 0.481 e. The third kappa shape index (κ3) is 20.0. The van der Waals surface area contributed by atoms with Gasteiger partial charge in [0.05, 0.1) is 6.61 Å². The Morgan fingerprint density at radius 1 is 1.21 bits per heavy atom. The van der Waals surface area contributed by atoms with Crippen LogP contribution in [0.1, 0.15) is 20.8 Å². The molecule has 0 aromatic carbocycles. The molecule has 112 valence electrons. The van der Waals surface area contributed by atoms with Crippen LogP contribution < -0.4 is 0 Å². The smallest absolute Gasteiger partial charge is 0.302 e. The molecule has 0 aliphatic carbocycles. The van der Waals surface area contributed by atoms with E-state index in [2.05, 4.69) is 22.0 Å². The van der Waals surface area contributed by atoms with E-state index in [0.29, 0.717) is 0 Å². The standard InChI is InChI=1S/C5H12O7P2.C5H8/c1-5(2)3-4-11-14(9,10)12-13(6,7)8;1-4-5(2)3/h3H,4H2,1-2H3,(H,9,10)(H2,6,7,8);4H,1-2H2,3H3. The van der Waals surface area contributed by atoms with E-state index in [9.17, 15) is 9.13 Å². The molecule has 9 heteroatoms. The number of rotatable bonds is 6. The third-order valence-electron chi connectivity index (χ3n) is 1.29. The van der Waals surface area contributed by atoms with E-state index < -0.39 is 15.6 Å². The summed E-state index contributed by atoms with van der Waals surface area (Å²) in [5.41, 5.74) is 1.85. The maximum absolute atomic E-state index is 10.8. The van der Waals surface area contributed by atoms with E-state index in [1.807, 2.05) is 6.92 Å². The van der Waals surface area contributed by atoms with Gasteiger partial charge in [0.1, 0.15) is 0 Å². The molecule has 0 aliphatic heterocycles. The van der Waals surface area contributed by atoms with Gasteiger partial charge in [0.2, 0.25) is 0 Å². The zero-order valence-electron chi connectivity index (χ0n) is 11.1. The molecule has 7 nitrogen and oxygen atoms in total. The van der Waals surface area contributed by atoms with Gasteiger partial charge in [0.15, 0.2) is 0 Å². The van der Waals surface area contributed by atoms with Gasteiger partial charge in [-0.2, -0.15) is 4.31 Å². The summed E-state index contributed by atoms with van der Waals surface area (Å²) in [7, 11) is -9.69. The molecule has 0 radical (unpaired) electrons. The minimum atomic E-state index is -5.01. The molecule has 1 unspecified atom stereocenters. The Labute approximate surface area is 113 Å². The van der Waals surface area contributed by atoms with Crippen LogP contribution in [0.15, 0.2) is 36.5 Å². The lowest BCUT2D eigenvalue weighted by molar-refractivity contribution is 0.191. The first kappa shape index (κ1) is 20.8. The maximum Gasteiger partial charge on any atom is 0.481 e. The first-order valence-electron chi connectivity index (χ1n) is 5.05. The van der Waals surface area contributed by atoms with Gasteiger partial charge in [0.25, 0.3) is 0 Å². The van der Waals surface area contributed by atoms with Crippen LogP contribution in [0.5, 0.6) is 0 Å². The number of phosphoric ester groups is 1. The van der Waals surface area contributed by atoms with Crippen molar-refractivity contribution < 1.29 is 32.6 Å². The molecule has 1 atom stereocenters. The molecule has 0 heterocycles. The molecule has 19 heavy (non-hydrogen) atoms. The summed E-state index contributed by atoms with van der Waals surface area (Å²) in [4.78, 5) is 25.2. The second-order valence-electron chi connectivity index (χ2n) is 3.67. The molecule has 0 bridgehead atoms. The molecule has 0 amide bonds. The van der Waals surface area contributed by atoms with Crippen molar-refractivity contribution in [3.63, 3.8) is 0 Å². The van der Waals surface area contributed by atoms with E-state index in [0.717, 1.165) is 11.1 Å². The van der Waals surface area contributed by atoms with Crippen molar-refractivity contribution in [1.29, 1.82) is 0 Å². The van der Waals surface area contributed by atoms with Gasteiger partial charge in [0, 0.05) is 0 Å². The molecule has 3 N–H and O–H groups in total. The molecular formula is C10H20O7P2. The molecular weight excluding hydrogens is 294 g/mol. The zero-order chi connectivity index (χ0) is 15.7. The molecule has 0 aromatic rings. The quantitative estimate of drug-likeness (QED) is 0.392. The summed E-state index contributed by atoms with van der Waals surface area (Å²) in [6.45, 7) is 12.1. The fourth-order valence-electron chi connectivity index (χ4n) is 0.456. The van der Waals surface area contributed by atoms with Crippen molar-refractivity contribution in [1.82, 2.24) is 0 Å². The molecule has 0 fully saturated rings. The lowest BCUT2D eigenvalue weighted by Crippen LogP contribution is -1.94. The van der Waals surface area contributed by atoms with Crippen LogP contribution in [0.3, 0.4) is 0 Å². The Kier molecular flexibility index (Phi) is 10.3. The SMILES string of the molecule is C=CC(=C)C.CC(C)=CCOP(=O)(O)OP(=O)(O)O. The van der Waals surface area contributed by atoms with E-state index in [-0.39, 0.29) is 6.61 Å². The number of phosphoric acid groups is 2. The molecule has 0 saturated heterocycles. The second-order valence-corrected chi connectivity index (χ2v) is 6.50. The first-order chi connectivity index (χ1) is 8.39. The van der Waals surface area contributed by atoms with Crippen molar-refractivity contribution in [2.24, 2.45) is 0 Å². The first-order valence-corrected chi connectivity index (χ1v) is 8.07. The summed E-state index contributed by atoms with van der Waals surface area (Å²) < 4.78 is 28.8. The summed E-state index contributed by atoms with van der Waals surface area (Å²) >= 11 is 0. The summed E-state index contributed by atoms with van der Waals surface area (Å²) in [6.07, 6.45) is 3.19. The van der Waals surface area contributed by atoms with E-state index in [4.69, 9.17) is 14.7 Å². The number of hydrogen-bond donors (Lipinski definition) is 3. The predicted octanol–water partition coefficient (Wildman–Crippen LogP) is 2.93. The van der Waals surface area contributed by atoms with E-state index in [1.54, 1.807) is 19.9 Å². The average Bonchev–Trinajstić information content (AvgIpc) is 2.13.